The number of hydrogen-bond donors (Lipinski definition) is 1. The zero-order valence-corrected chi connectivity index (χ0v) is 6.89. The van der Waals surface area contributed by atoms with Gasteiger partial charge in [0.25, 0.3) is 0 Å². The quantitative estimate of drug-likeness (QED) is 0.730. The van der Waals surface area contributed by atoms with Crippen molar-refractivity contribution in [3.8, 4) is 6.07 Å². The lowest BCUT2D eigenvalue weighted by molar-refractivity contribution is 0.0664. The molecule has 2 aromatic heterocycles. The third kappa shape index (κ3) is 1.19. The Morgan fingerprint density at radius 1 is 1.57 bits per heavy atom. The van der Waals surface area contributed by atoms with Crippen molar-refractivity contribution in [2.24, 2.45) is 0 Å². The number of carbonyl (C=O) groups is 1. The van der Waals surface area contributed by atoms with Crippen LogP contribution < -0.4 is 0 Å². The fourth-order valence-corrected chi connectivity index (χ4v) is 1.10. The first-order valence-corrected chi connectivity index (χ1v) is 3.73. The summed E-state index contributed by atoms with van der Waals surface area (Å²) in [6, 6.07) is 4.77. The third-order valence-corrected chi connectivity index (χ3v) is 1.71. The summed E-state index contributed by atoms with van der Waals surface area (Å²) in [5, 5.41) is 17.7. The molecule has 2 rings (SSSR count). The molecule has 0 amide bonds. The Bertz CT molecular complexity index is 551. The molecule has 0 fully saturated rings. The molecule has 68 valence electrons. The van der Waals surface area contributed by atoms with Crippen molar-refractivity contribution in [1.29, 1.82) is 5.26 Å². The highest BCUT2D eigenvalue weighted by Crippen LogP contribution is 2.17. The number of pyridine rings is 1. The van der Waals surface area contributed by atoms with Crippen molar-refractivity contribution in [1.82, 2.24) is 4.98 Å². The molecule has 0 unspecified atom stereocenters. The molecule has 5 heteroatoms. The van der Waals surface area contributed by atoms with Crippen LogP contribution in [0, 0.1) is 11.3 Å². The highest BCUT2D eigenvalue weighted by atomic mass is 16.4. The van der Waals surface area contributed by atoms with Gasteiger partial charge < -0.3 is 9.52 Å². The fourth-order valence-electron chi connectivity index (χ4n) is 1.10. The van der Waals surface area contributed by atoms with Crippen molar-refractivity contribution < 1.29 is 14.3 Å². The number of furan rings is 1. The van der Waals surface area contributed by atoms with E-state index in [2.05, 4.69) is 4.98 Å². The molecule has 14 heavy (non-hydrogen) atoms. The zero-order valence-electron chi connectivity index (χ0n) is 6.89. The summed E-state index contributed by atoms with van der Waals surface area (Å²) in [7, 11) is 0. The third-order valence-electron chi connectivity index (χ3n) is 1.71. The number of aromatic carboxylic acids is 1. The van der Waals surface area contributed by atoms with E-state index in [9.17, 15) is 4.79 Å². The Morgan fingerprint density at radius 2 is 2.36 bits per heavy atom. The van der Waals surface area contributed by atoms with Crippen LogP contribution in [0.25, 0.3) is 11.1 Å². The Balaban J connectivity index is 2.67. The molecule has 1 N–H and O–H groups in total. The van der Waals surface area contributed by atoms with Crippen molar-refractivity contribution in [2.75, 3.05) is 0 Å². The number of aromatic nitrogens is 1. The van der Waals surface area contributed by atoms with Crippen molar-refractivity contribution in [3.63, 3.8) is 0 Å². The van der Waals surface area contributed by atoms with Crippen LogP contribution in [0.2, 0.25) is 0 Å². The van der Waals surface area contributed by atoms with E-state index < -0.39 is 5.97 Å². The van der Waals surface area contributed by atoms with Crippen LogP contribution in [0.1, 0.15) is 16.1 Å². The molecule has 0 aliphatic carbocycles. The molecule has 2 aromatic rings. The maximum absolute atomic E-state index is 10.5. The van der Waals surface area contributed by atoms with E-state index in [1.165, 1.54) is 18.3 Å². The standard InChI is InChI=1S/C9H4N2O3/c10-3-5-1-6-2-7(9(12)13)14-8(6)11-4-5/h1-2,4H,(H,12,13). The Hall–Kier alpha value is -2.35. The minimum absolute atomic E-state index is 0.178. The van der Waals surface area contributed by atoms with Crippen LogP contribution in [-0.2, 0) is 0 Å². The number of rotatable bonds is 1. The normalized spacial score (nSPS) is 9.93. The first-order valence-electron chi connectivity index (χ1n) is 3.73. The van der Waals surface area contributed by atoms with Gasteiger partial charge in [-0.3, -0.25) is 0 Å². The van der Waals surface area contributed by atoms with Gasteiger partial charge in [-0.05, 0) is 6.07 Å². The van der Waals surface area contributed by atoms with Gasteiger partial charge in [0, 0.05) is 17.6 Å². The summed E-state index contributed by atoms with van der Waals surface area (Å²) >= 11 is 0. The molecule has 0 saturated heterocycles. The molecule has 2 heterocycles. The van der Waals surface area contributed by atoms with E-state index in [-0.39, 0.29) is 11.5 Å². The summed E-state index contributed by atoms with van der Waals surface area (Å²) in [6.45, 7) is 0. The topological polar surface area (TPSA) is 87.1 Å². The van der Waals surface area contributed by atoms with Gasteiger partial charge >= 0.3 is 5.97 Å². The van der Waals surface area contributed by atoms with Crippen LogP contribution in [0.4, 0.5) is 0 Å². The van der Waals surface area contributed by atoms with E-state index in [0.717, 1.165) is 0 Å². The van der Waals surface area contributed by atoms with Gasteiger partial charge in [0.2, 0.25) is 11.5 Å². The van der Waals surface area contributed by atoms with E-state index in [1.807, 2.05) is 6.07 Å². The number of carboxylic acid groups (broad SMARTS) is 1. The van der Waals surface area contributed by atoms with Crippen LogP contribution in [0.5, 0.6) is 0 Å². The highest BCUT2D eigenvalue weighted by molar-refractivity contribution is 5.90. The summed E-state index contributed by atoms with van der Waals surface area (Å²) in [5.74, 6) is -1.33. The smallest absolute Gasteiger partial charge is 0.371 e. The second-order valence-electron chi connectivity index (χ2n) is 2.65. The van der Waals surface area contributed by atoms with Crippen LogP contribution in [0.3, 0.4) is 0 Å². The molecule has 0 spiro atoms. The van der Waals surface area contributed by atoms with Crippen molar-refractivity contribution in [2.45, 2.75) is 0 Å². The molecular weight excluding hydrogens is 184 g/mol. The molecule has 0 radical (unpaired) electrons. The summed E-state index contributed by atoms with van der Waals surface area (Å²) in [6.07, 6.45) is 1.33. The molecule has 0 atom stereocenters. The maximum Gasteiger partial charge on any atom is 0.371 e. The number of fused-ring (bicyclic) bond motifs is 1. The van der Waals surface area contributed by atoms with Gasteiger partial charge in [-0.25, -0.2) is 9.78 Å². The first-order chi connectivity index (χ1) is 6.70. The van der Waals surface area contributed by atoms with Gasteiger partial charge in [0.1, 0.15) is 6.07 Å². The fraction of sp³-hybridized carbons (Fsp3) is 0. The molecule has 0 aliphatic rings. The second-order valence-corrected chi connectivity index (χ2v) is 2.65. The van der Waals surface area contributed by atoms with Gasteiger partial charge in [-0.15, -0.1) is 0 Å². The largest absolute Gasteiger partial charge is 0.475 e. The van der Waals surface area contributed by atoms with Crippen molar-refractivity contribution >= 4 is 17.1 Å². The predicted molar refractivity (Wildman–Crippen MR) is 45.7 cm³/mol. The molecule has 0 bridgehead atoms. The van der Waals surface area contributed by atoms with Crippen molar-refractivity contribution in [3.05, 3.63) is 29.7 Å². The van der Waals surface area contributed by atoms with Crippen LogP contribution in [-0.4, -0.2) is 16.1 Å². The summed E-state index contributed by atoms with van der Waals surface area (Å²) < 4.78 is 4.91. The lowest BCUT2D eigenvalue weighted by Crippen LogP contribution is -1.91. The Kier molecular flexibility index (Phi) is 1.68. The molecular formula is C9H4N2O3. The summed E-state index contributed by atoms with van der Waals surface area (Å²) in [5.41, 5.74) is 0.594. The van der Waals surface area contributed by atoms with Gasteiger partial charge in [-0.1, -0.05) is 0 Å². The van der Waals surface area contributed by atoms with E-state index in [4.69, 9.17) is 14.8 Å². The van der Waals surface area contributed by atoms with E-state index in [1.54, 1.807) is 0 Å². The SMILES string of the molecule is N#Cc1cnc2oc(C(=O)O)cc2c1. The highest BCUT2D eigenvalue weighted by Gasteiger charge is 2.11. The molecule has 0 saturated carbocycles. The van der Waals surface area contributed by atoms with Crippen LogP contribution >= 0.6 is 0 Å². The Labute approximate surface area is 78.2 Å². The average Bonchev–Trinajstić information content (AvgIpc) is 2.59. The molecule has 0 aromatic carbocycles. The number of carboxylic acids is 1. The lowest BCUT2D eigenvalue weighted by atomic mass is 10.2. The van der Waals surface area contributed by atoms with Gasteiger partial charge in [-0.2, -0.15) is 5.26 Å². The number of nitrogens with zero attached hydrogens (tertiary/aromatic N) is 2. The molecule has 5 nitrogen and oxygen atoms in total. The zero-order chi connectivity index (χ0) is 10.1. The maximum atomic E-state index is 10.5. The minimum Gasteiger partial charge on any atom is -0.475 e. The number of hydrogen-bond acceptors (Lipinski definition) is 4. The second kappa shape index (κ2) is 2.85. The van der Waals surface area contributed by atoms with Gasteiger partial charge in [0.05, 0.1) is 5.56 Å². The van der Waals surface area contributed by atoms with E-state index in [0.29, 0.717) is 10.9 Å². The summed E-state index contributed by atoms with van der Waals surface area (Å²) in [4.78, 5) is 14.3. The first kappa shape index (κ1) is 8.26. The predicted octanol–water partition coefficient (Wildman–Crippen LogP) is 1.40. The molecule has 0 aliphatic heterocycles. The van der Waals surface area contributed by atoms with E-state index >= 15 is 0 Å². The minimum atomic E-state index is -1.15. The average molecular weight is 188 g/mol. The number of nitriles is 1. The lowest BCUT2D eigenvalue weighted by Gasteiger charge is -1.86. The van der Waals surface area contributed by atoms with Gasteiger partial charge in [0.15, 0.2) is 0 Å². The van der Waals surface area contributed by atoms with Crippen LogP contribution in [0.15, 0.2) is 22.7 Å². The Morgan fingerprint density at radius 3 is 3.00 bits per heavy atom. The monoisotopic (exact) mass is 188 g/mol.